The normalized spacial score (nSPS) is 19.8. The molecule has 0 unspecified atom stereocenters. The monoisotopic (exact) mass is 232 g/mol. The van der Waals surface area contributed by atoms with E-state index in [1.165, 1.54) is 12.1 Å². The van der Waals surface area contributed by atoms with E-state index < -0.39 is 11.7 Å². The average Bonchev–Trinajstić information content (AvgIpc) is 3.01. The molecule has 2 rings (SSSR count). The van der Waals surface area contributed by atoms with E-state index >= 15 is 0 Å². The molecule has 88 valence electrons. The van der Waals surface area contributed by atoms with Gasteiger partial charge in [0.15, 0.2) is 0 Å². The predicted octanol–water partition coefficient (Wildman–Crippen LogP) is 2.62. The second-order valence-electron chi connectivity index (χ2n) is 3.67. The number of benzene rings is 1. The van der Waals surface area contributed by atoms with Gasteiger partial charge in [-0.2, -0.15) is 13.2 Å². The summed E-state index contributed by atoms with van der Waals surface area (Å²) in [5, 5.41) is 0. The summed E-state index contributed by atoms with van der Waals surface area (Å²) in [6, 6.07) is 4.98. The third kappa shape index (κ3) is 3.21. The summed E-state index contributed by atoms with van der Waals surface area (Å²) in [4.78, 5) is 0. The van der Waals surface area contributed by atoms with Crippen LogP contribution >= 0.6 is 0 Å². The lowest BCUT2D eigenvalue weighted by Crippen LogP contribution is -2.05. The number of halogens is 3. The molecule has 1 heterocycles. The van der Waals surface area contributed by atoms with E-state index in [-0.39, 0.29) is 6.10 Å². The van der Waals surface area contributed by atoms with Crippen LogP contribution in [0.4, 0.5) is 13.2 Å². The molecule has 0 bridgehead atoms. The topological polar surface area (TPSA) is 21.8 Å². The highest BCUT2D eigenvalue weighted by Crippen LogP contribution is 2.29. The third-order valence-corrected chi connectivity index (χ3v) is 2.26. The minimum absolute atomic E-state index is 0.175. The first-order chi connectivity index (χ1) is 7.55. The Hall–Kier alpha value is -1.07. The van der Waals surface area contributed by atoms with Crippen molar-refractivity contribution in [1.82, 2.24) is 0 Å². The van der Waals surface area contributed by atoms with Crippen molar-refractivity contribution in [1.29, 1.82) is 0 Å². The SMILES string of the molecule is FC(F)(F)c1ccc(COC[C@H]2CO2)cc1. The molecule has 0 aliphatic carbocycles. The van der Waals surface area contributed by atoms with Crippen molar-refractivity contribution in [3.63, 3.8) is 0 Å². The first-order valence-electron chi connectivity index (χ1n) is 4.91. The van der Waals surface area contributed by atoms with Gasteiger partial charge in [0.05, 0.1) is 25.4 Å². The molecule has 0 saturated carbocycles. The molecule has 1 atom stereocenters. The second kappa shape index (κ2) is 4.43. The fourth-order valence-corrected chi connectivity index (χ4v) is 1.26. The summed E-state index contributed by atoms with van der Waals surface area (Å²) >= 11 is 0. The Morgan fingerprint density at radius 2 is 1.88 bits per heavy atom. The van der Waals surface area contributed by atoms with Crippen LogP contribution < -0.4 is 0 Å². The summed E-state index contributed by atoms with van der Waals surface area (Å²) in [5.74, 6) is 0. The van der Waals surface area contributed by atoms with Crippen molar-refractivity contribution in [3.05, 3.63) is 35.4 Å². The molecule has 0 N–H and O–H groups in total. The van der Waals surface area contributed by atoms with Gasteiger partial charge in [-0.05, 0) is 17.7 Å². The zero-order valence-electron chi connectivity index (χ0n) is 8.46. The van der Waals surface area contributed by atoms with Crippen molar-refractivity contribution in [2.45, 2.75) is 18.9 Å². The smallest absolute Gasteiger partial charge is 0.374 e. The van der Waals surface area contributed by atoms with Gasteiger partial charge < -0.3 is 9.47 Å². The molecule has 0 radical (unpaired) electrons. The molecule has 0 spiro atoms. The molecule has 1 aromatic carbocycles. The molecule has 16 heavy (non-hydrogen) atoms. The molecule has 1 aliphatic rings. The summed E-state index contributed by atoms with van der Waals surface area (Å²) < 4.78 is 46.9. The number of ether oxygens (including phenoxy) is 2. The largest absolute Gasteiger partial charge is 0.416 e. The second-order valence-corrected chi connectivity index (χ2v) is 3.67. The number of alkyl halides is 3. The van der Waals surface area contributed by atoms with Crippen LogP contribution in [-0.4, -0.2) is 19.3 Å². The Labute approximate surface area is 91.0 Å². The molecule has 5 heteroatoms. The summed E-state index contributed by atoms with van der Waals surface area (Å²) in [5.41, 5.74) is 0.0930. The molecule has 1 saturated heterocycles. The first-order valence-corrected chi connectivity index (χ1v) is 4.91. The first kappa shape index (κ1) is 11.4. The quantitative estimate of drug-likeness (QED) is 0.744. The molecule has 0 aromatic heterocycles. The van der Waals surface area contributed by atoms with Crippen LogP contribution in [0.25, 0.3) is 0 Å². The van der Waals surface area contributed by atoms with Crippen LogP contribution in [0.3, 0.4) is 0 Å². The molecular formula is C11H11F3O2. The maximum absolute atomic E-state index is 12.2. The standard InChI is InChI=1S/C11H11F3O2/c12-11(13,14)9-3-1-8(2-4-9)5-15-6-10-7-16-10/h1-4,10H,5-7H2/t10-/m0/s1. The summed E-state index contributed by atoms with van der Waals surface area (Å²) in [6.07, 6.45) is -4.10. The van der Waals surface area contributed by atoms with Gasteiger partial charge in [-0.15, -0.1) is 0 Å². The fraction of sp³-hybridized carbons (Fsp3) is 0.455. The minimum Gasteiger partial charge on any atom is -0.374 e. The van der Waals surface area contributed by atoms with E-state index in [0.717, 1.165) is 17.7 Å². The maximum Gasteiger partial charge on any atom is 0.416 e. The Kier molecular flexibility index (Phi) is 3.16. The van der Waals surface area contributed by atoms with Crippen LogP contribution in [0.15, 0.2) is 24.3 Å². The van der Waals surface area contributed by atoms with Crippen LogP contribution in [-0.2, 0) is 22.3 Å². The van der Waals surface area contributed by atoms with E-state index in [2.05, 4.69) is 0 Å². The molecule has 1 aromatic rings. The minimum atomic E-state index is -4.28. The highest BCUT2D eigenvalue weighted by atomic mass is 19.4. The molecule has 0 amide bonds. The lowest BCUT2D eigenvalue weighted by Gasteiger charge is -2.07. The van der Waals surface area contributed by atoms with Gasteiger partial charge in [-0.25, -0.2) is 0 Å². The summed E-state index contributed by atoms with van der Waals surface area (Å²) in [6.45, 7) is 1.53. The average molecular weight is 232 g/mol. The molecule has 2 nitrogen and oxygen atoms in total. The number of rotatable bonds is 4. The van der Waals surface area contributed by atoms with Gasteiger partial charge in [-0.3, -0.25) is 0 Å². The summed E-state index contributed by atoms with van der Waals surface area (Å²) in [7, 11) is 0. The van der Waals surface area contributed by atoms with Crippen molar-refractivity contribution >= 4 is 0 Å². The maximum atomic E-state index is 12.2. The highest BCUT2D eigenvalue weighted by molar-refractivity contribution is 5.24. The molecule has 1 aliphatic heterocycles. The lowest BCUT2D eigenvalue weighted by molar-refractivity contribution is -0.137. The third-order valence-electron chi connectivity index (χ3n) is 2.26. The van der Waals surface area contributed by atoms with Crippen LogP contribution in [0, 0.1) is 0 Å². The van der Waals surface area contributed by atoms with Crippen molar-refractivity contribution in [2.24, 2.45) is 0 Å². The van der Waals surface area contributed by atoms with Gasteiger partial charge in [0.1, 0.15) is 6.10 Å². The van der Waals surface area contributed by atoms with E-state index in [1.54, 1.807) is 0 Å². The zero-order chi connectivity index (χ0) is 11.6. The van der Waals surface area contributed by atoms with E-state index in [0.29, 0.717) is 19.8 Å². The lowest BCUT2D eigenvalue weighted by atomic mass is 10.1. The van der Waals surface area contributed by atoms with Crippen LogP contribution in [0.5, 0.6) is 0 Å². The van der Waals surface area contributed by atoms with Crippen molar-refractivity contribution < 1.29 is 22.6 Å². The Morgan fingerprint density at radius 1 is 1.25 bits per heavy atom. The number of hydrogen-bond acceptors (Lipinski definition) is 2. The van der Waals surface area contributed by atoms with Crippen molar-refractivity contribution in [3.8, 4) is 0 Å². The highest BCUT2D eigenvalue weighted by Gasteiger charge is 2.29. The Morgan fingerprint density at radius 3 is 2.38 bits per heavy atom. The predicted molar refractivity (Wildman–Crippen MR) is 50.8 cm³/mol. The van der Waals surface area contributed by atoms with E-state index in [1.807, 2.05) is 0 Å². The van der Waals surface area contributed by atoms with Gasteiger partial charge in [-0.1, -0.05) is 12.1 Å². The molecule has 1 fully saturated rings. The van der Waals surface area contributed by atoms with Gasteiger partial charge in [0.2, 0.25) is 0 Å². The van der Waals surface area contributed by atoms with Crippen LogP contribution in [0.2, 0.25) is 0 Å². The number of epoxide rings is 1. The fourth-order valence-electron chi connectivity index (χ4n) is 1.26. The van der Waals surface area contributed by atoms with Crippen molar-refractivity contribution in [2.75, 3.05) is 13.2 Å². The molecular weight excluding hydrogens is 221 g/mol. The number of hydrogen-bond donors (Lipinski definition) is 0. The van der Waals surface area contributed by atoms with E-state index in [9.17, 15) is 13.2 Å². The van der Waals surface area contributed by atoms with Gasteiger partial charge in [0.25, 0.3) is 0 Å². The van der Waals surface area contributed by atoms with E-state index in [4.69, 9.17) is 9.47 Å². The Bertz CT molecular complexity index is 341. The van der Waals surface area contributed by atoms with Gasteiger partial charge >= 0.3 is 6.18 Å². The Balaban J connectivity index is 1.85. The van der Waals surface area contributed by atoms with Gasteiger partial charge in [0, 0.05) is 0 Å². The van der Waals surface area contributed by atoms with Crippen LogP contribution in [0.1, 0.15) is 11.1 Å². The zero-order valence-corrected chi connectivity index (χ0v) is 8.46.